The zero-order valence-electron chi connectivity index (χ0n) is 13.9. The predicted octanol–water partition coefficient (Wildman–Crippen LogP) is 3.52. The molecule has 0 aliphatic heterocycles. The number of hydrogen-bond acceptors (Lipinski definition) is 5. The van der Waals surface area contributed by atoms with Gasteiger partial charge in [-0.2, -0.15) is 0 Å². The molecule has 0 saturated carbocycles. The molecule has 0 bridgehead atoms. The van der Waals surface area contributed by atoms with Crippen molar-refractivity contribution in [2.24, 2.45) is 5.73 Å². The minimum atomic E-state index is -0.482. The van der Waals surface area contributed by atoms with E-state index in [1.165, 1.54) is 11.6 Å². The fourth-order valence-electron chi connectivity index (χ4n) is 2.30. The Bertz CT molecular complexity index is 738. The molecule has 1 unspecified atom stereocenters. The Morgan fingerprint density at radius 2 is 1.88 bits per heavy atom. The van der Waals surface area contributed by atoms with Crippen LogP contribution in [0.2, 0.25) is 0 Å². The molecule has 6 nitrogen and oxygen atoms in total. The Hall–Kier alpha value is -2.25. The van der Waals surface area contributed by atoms with Gasteiger partial charge in [0.15, 0.2) is 0 Å². The number of nitrogens with two attached hydrogens (primary N) is 1. The first-order valence-electron chi connectivity index (χ1n) is 7.68. The van der Waals surface area contributed by atoms with E-state index in [0.717, 1.165) is 16.9 Å². The van der Waals surface area contributed by atoms with Crippen molar-refractivity contribution in [3.05, 3.63) is 61.3 Å². The van der Waals surface area contributed by atoms with E-state index in [4.69, 9.17) is 5.73 Å². The van der Waals surface area contributed by atoms with Crippen molar-refractivity contribution in [3.63, 3.8) is 0 Å². The quantitative estimate of drug-likeness (QED) is 0.617. The Kier molecular flexibility index (Phi) is 5.69. The lowest BCUT2D eigenvalue weighted by molar-refractivity contribution is -0.385. The summed E-state index contributed by atoms with van der Waals surface area (Å²) in [5.41, 5.74) is 8.25. The second-order valence-electron chi connectivity index (χ2n) is 5.95. The normalized spacial score (nSPS) is 12.2. The van der Waals surface area contributed by atoms with Crippen LogP contribution < -0.4 is 11.1 Å². The van der Waals surface area contributed by atoms with Crippen LogP contribution >= 0.6 is 11.3 Å². The largest absolute Gasteiger partial charge is 0.349 e. The summed E-state index contributed by atoms with van der Waals surface area (Å²) >= 11 is 1.11. The van der Waals surface area contributed by atoms with Gasteiger partial charge in [-0.3, -0.25) is 14.9 Å². The number of carbonyl (C=O) groups is 1. The van der Waals surface area contributed by atoms with E-state index >= 15 is 0 Å². The molecule has 1 atom stereocenters. The predicted molar refractivity (Wildman–Crippen MR) is 95.5 cm³/mol. The summed E-state index contributed by atoms with van der Waals surface area (Å²) in [6, 6.07) is 8.98. The third-order valence-electron chi connectivity index (χ3n) is 3.83. The van der Waals surface area contributed by atoms with Crippen molar-refractivity contribution in [1.82, 2.24) is 5.32 Å². The zero-order valence-corrected chi connectivity index (χ0v) is 14.7. The first kappa shape index (κ1) is 18.1. The summed E-state index contributed by atoms with van der Waals surface area (Å²) in [5, 5.41) is 13.6. The van der Waals surface area contributed by atoms with Gasteiger partial charge in [-0.15, -0.1) is 11.3 Å². The van der Waals surface area contributed by atoms with Crippen molar-refractivity contribution in [1.29, 1.82) is 0 Å². The number of rotatable bonds is 6. The topological polar surface area (TPSA) is 98.3 Å². The van der Waals surface area contributed by atoms with Gasteiger partial charge in [-0.1, -0.05) is 38.1 Å². The first-order valence-corrected chi connectivity index (χ1v) is 8.49. The van der Waals surface area contributed by atoms with Crippen LogP contribution in [-0.4, -0.2) is 17.4 Å². The molecular formula is C17H21N3O3S. The van der Waals surface area contributed by atoms with E-state index in [9.17, 15) is 14.9 Å². The smallest absolute Gasteiger partial charge is 0.283 e. The van der Waals surface area contributed by atoms with Crippen LogP contribution in [0.4, 0.5) is 5.69 Å². The summed E-state index contributed by atoms with van der Waals surface area (Å²) in [6.45, 7) is 6.14. The van der Waals surface area contributed by atoms with E-state index in [0.29, 0.717) is 15.7 Å². The number of carbonyl (C=O) groups excluding carboxylic acids is 1. The Morgan fingerprint density at radius 3 is 2.38 bits per heavy atom. The molecular weight excluding hydrogens is 326 g/mol. The Balaban J connectivity index is 1.98. The van der Waals surface area contributed by atoms with Gasteiger partial charge in [-0.05, 0) is 24.0 Å². The Morgan fingerprint density at radius 1 is 1.29 bits per heavy atom. The first-order chi connectivity index (χ1) is 11.3. The maximum atomic E-state index is 12.1. The molecule has 2 rings (SSSR count). The molecule has 0 saturated heterocycles. The second-order valence-corrected chi connectivity index (χ2v) is 7.20. The highest BCUT2D eigenvalue weighted by molar-refractivity contribution is 7.14. The van der Waals surface area contributed by atoms with Crippen LogP contribution in [0, 0.1) is 17.0 Å². The number of amides is 1. The highest BCUT2D eigenvalue weighted by Gasteiger charge is 2.20. The van der Waals surface area contributed by atoms with E-state index < -0.39 is 4.92 Å². The lowest BCUT2D eigenvalue weighted by atomic mass is 9.99. The van der Waals surface area contributed by atoms with Gasteiger partial charge in [0.2, 0.25) is 0 Å². The number of nitrogens with zero attached hydrogens (tertiary/aromatic N) is 1. The van der Waals surface area contributed by atoms with E-state index in [1.807, 2.05) is 24.3 Å². The third-order valence-corrected chi connectivity index (χ3v) is 4.86. The second kappa shape index (κ2) is 7.55. The molecule has 1 aromatic carbocycles. The number of benzene rings is 1. The lowest BCUT2D eigenvalue weighted by Gasteiger charge is -2.14. The maximum Gasteiger partial charge on any atom is 0.283 e. The molecule has 0 fully saturated rings. The van der Waals surface area contributed by atoms with Crippen LogP contribution in [0.15, 0.2) is 30.3 Å². The van der Waals surface area contributed by atoms with E-state index in [-0.39, 0.29) is 24.2 Å². The van der Waals surface area contributed by atoms with Crippen LogP contribution in [0.25, 0.3) is 0 Å². The molecule has 0 radical (unpaired) electrons. The number of aryl methyl sites for hydroxylation is 1. The van der Waals surface area contributed by atoms with Gasteiger partial charge in [0, 0.05) is 18.7 Å². The summed E-state index contributed by atoms with van der Waals surface area (Å²) in [4.78, 5) is 23.3. The maximum absolute atomic E-state index is 12.1. The molecule has 24 heavy (non-hydrogen) atoms. The van der Waals surface area contributed by atoms with Crippen molar-refractivity contribution in [2.75, 3.05) is 6.54 Å². The monoisotopic (exact) mass is 347 g/mol. The molecule has 1 heterocycles. The summed E-state index contributed by atoms with van der Waals surface area (Å²) in [5.74, 6) is 0.110. The number of nitro groups is 1. The standard InChI is InChI=1S/C17H21N3O3S/c1-10(2)12-4-6-13(7-5-12)14(18)9-19-17(21)16-8-15(20(22)23)11(3)24-16/h4-8,10,14H,9,18H2,1-3H3,(H,19,21). The van der Waals surface area contributed by atoms with Gasteiger partial charge in [0.25, 0.3) is 11.6 Å². The van der Waals surface area contributed by atoms with Gasteiger partial charge in [0.1, 0.15) is 0 Å². The van der Waals surface area contributed by atoms with Crippen molar-refractivity contribution in [3.8, 4) is 0 Å². The molecule has 0 aliphatic rings. The molecule has 1 aromatic heterocycles. The highest BCUT2D eigenvalue weighted by atomic mass is 32.1. The molecule has 2 aromatic rings. The summed E-state index contributed by atoms with van der Waals surface area (Å²) in [6.07, 6.45) is 0. The average molecular weight is 347 g/mol. The Labute approximate surface area is 144 Å². The van der Waals surface area contributed by atoms with Crippen LogP contribution in [-0.2, 0) is 0 Å². The van der Waals surface area contributed by atoms with Crippen LogP contribution in [0.5, 0.6) is 0 Å². The average Bonchev–Trinajstić information content (AvgIpc) is 2.94. The highest BCUT2D eigenvalue weighted by Crippen LogP contribution is 2.28. The molecule has 0 spiro atoms. The van der Waals surface area contributed by atoms with Gasteiger partial charge >= 0.3 is 0 Å². The van der Waals surface area contributed by atoms with E-state index in [1.54, 1.807) is 6.92 Å². The van der Waals surface area contributed by atoms with Crippen LogP contribution in [0.1, 0.15) is 51.5 Å². The third kappa shape index (κ3) is 4.18. The lowest BCUT2D eigenvalue weighted by Crippen LogP contribution is -2.31. The number of thiophene rings is 1. The van der Waals surface area contributed by atoms with E-state index in [2.05, 4.69) is 19.2 Å². The molecule has 7 heteroatoms. The molecule has 3 N–H and O–H groups in total. The minimum Gasteiger partial charge on any atom is -0.349 e. The van der Waals surface area contributed by atoms with Crippen molar-refractivity contribution in [2.45, 2.75) is 32.7 Å². The molecule has 0 aliphatic carbocycles. The SMILES string of the molecule is Cc1sc(C(=O)NCC(N)c2ccc(C(C)C)cc2)cc1[N+](=O)[O-]. The zero-order chi connectivity index (χ0) is 17.9. The minimum absolute atomic E-state index is 0.0290. The van der Waals surface area contributed by atoms with Crippen molar-refractivity contribution < 1.29 is 9.72 Å². The fourth-order valence-corrected chi connectivity index (χ4v) is 3.20. The van der Waals surface area contributed by atoms with Gasteiger partial charge in [-0.25, -0.2) is 0 Å². The summed E-state index contributed by atoms with van der Waals surface area (Å²) in [7, 11) is 0. The van der Waals surface area contributed by atoms with Gasteiger partial charge < -0.3 is 11.1 Å². The fraction of sp³-hybridized carbons (Fsp3) is 0.353. The number of nitrogens with one attached hydrogen (secondary N) is 1. The summed E-state index contributed by atoms with van der Waals surface area (Å²) < 4.78 is 0. The molecule has 1 amide bonds. The molecule has 128 valence electrons. The number of hydrogen-bond donors (Lipinski definition) is 2. The van der Waals surface area contributed by atoms with Crippen molar-refractivity contribution >= 4 is 22.9 Å². The van der Waals surface area contributed by atoms with Gasteiger partial charge in [0.05, 0.1) is 14.7 Å². The van der Waals surface area contributed by atoms with Crippen LogP contribution in [0.3, 0.4) is 0 Å².